The summed E-state index contributed by atoms with van der Waals surface area (Å²) in [5, 5.41) is 5.92. The first kappa shape index (κ1) is 14.6. The summed E-state index contributed by atoms with van der Waals surface area (Å²) in [5.41, 5.74) is -0.561. The van der Waals surface area contributed by atoms with Gasteiger partial charge in [0.1, 0.15) is 18.2 Å². The third-order valence-electron chi connectivity index (χ3n) is 4.17. The third-order valence-corrected chi connectivity index (χ3v) is 5.20. The molecule has 7 heteroatoms. The van der Waals surface area contributed by atoms with Crippen LogP contribution >= 0.6 is 11.3 Å². The molecule has 2 aromatic rings. The van der Waals surface area contributed by atoms with E-state index in [1.807, 2.05) is 17.5 Å². The smallest absolute Gasteiger partial charge is 0.240 e. The molecule has 1 aliphatic rings. The highest BCUT2D eigenvalue weighted by molar-refractivity contribution is 7.10. The van der Waals surface area contributed by atoms with Crippen molar-refractivity contribution in [2.75, 3.05) is 0 Å². The number of nitrogens with zero attached hydrogens (tertiary/aromatic N) is 3. The number of hydrogen-bond acceptors (Lipinski definition) is 3. The summed E-state index contributed by atoms with van der Waals surface area (Å²) in [4.78, 5) is 5.40. The van der Waals surface area contributed by atoms with Crippen molar-refractivity contribution in [3.8, 4) is 0 Å². The van der Waals surface area contributed by atoms with Crippen LogP contribution in [0.15, 0.2) is 17.5 Å². The van der Waals surface area contributed by atoms with Gasteiger partial charge in [0.05, 0.1) is 5.41 Å². The second-order valence-electron chi connectivity index (χ2n) is 6.20. The van der Waals surface area contributed by atoms with Crippen LogP contribution in [0.2, 0.25) is 0 Å². The van der Waals surface area contributed by atoms with Crippen molar-refractivity contribution in [3.63, 3.8) is 0 Å². The first-order valence-corrected chi connectivity index (χ1v) is 7.56. The highest BCUT2D eigenvalue weighted by Crippen LogP contribution is 2.68. The van der Waals surface area contributed by atoms with Crippen molar-refractivity contribution in [1.82, 2.24) is 14.8 Å². The number of rotatable bonds is 3. The zero-order chi connectivity index (χ0) is 15.5. The Balaban J connectivity index is 2.11. The maximum absolute atomic E-state index is 12.8. The van der Waals surface area contributed by atoms with E-state index in [2.05, 4.69) is 23.9 Å². The average Bonchev–Trinajstić information content (AvgIpc) is 2.76. The van der Waals surface area contributed by atoms with Crippen LogP contribution in [0.5, 0.6) is 0 Å². The minimum atomic E-state index is -4.30. The van der Waals surface area contributed by atoms with E-state index in [1.165, 1.54) is 0 Å². The van der Waals surface area contributed by atoms with Crippen molar-refractivity contribution >= 4 is 11.3 Å². The molecule has 0 aromatic carbocycles. The van der Waals surface area contributed by atoms with E-state index in [-0.39, 0.29) is 5.41 Å². The molecule has 2 heterocycles. The van der Waals surface area contributed by atoms with Crippen molar-refractivity contribution < 1.29 is 13.2 Å². The van der Waals surface area contributed by atoms with Crippen molar-refractivity contribution in [2.45, 2.75) is 45.3 Å². The van der Waals surface area contributed by atoms with Crippen molar-refractivity contribution in [3.05, 3.63) is 34.0 Å². The topological polar surface area (TPSA) is 30.7 Å². The number of hydrogen-bond donors (Lipinski definition) is 0. The van der Waals surface area contributed by atoms with Crippen LogP contribution in [0.25, 0.3) is 0 Å². The Morgan fingerprint density at radius 3 is 2.52 bits per heavy atom. The zero-order valence-corrected chi connectivity index (χ0v) is 12.8. The standard InChI is InChI=1S/C14H16F3N3S/c1-9-18-11(20(19-9)8-14(15,16)17)13(7-12(13,2)3)10-5-4-6-21-10/h4-6H,7-8H2,1-3H3. The van der Waals surface area contributed by atoms with Crippen molar-refractivity contribution in [2.24, 2.45) is 5.41 Å². The van der Waals surface area contributed by atoms with Gasteiger partial charge in [0, 0.05) is 4.88 Å². The monoisotopic (exact) mass is 315 g/mol. The van der Waals surface area contributed by atoms with Gasteiger partial charge < -0.3 is 0 Å². The number of alkyl halides is 3. The molecule has 3 nitrogen and oxygen atoms in total. The summed E-state index contributed by atoms with van der Waals surface area (Å²) >= 11 is 1.56. The van der Waals surface area contributed by atoms with Gasteiger partial charge in [-0.1, -0.05) is 19.9 Å². The van der Waals surface area contributed by atoms with Gasteiger partial charge in [-0.15, -0.1) is 11.3 Å². The van der Waals surface area contributed by atoms with E-state index in [9.17, 15) is 13.2 Å². The van der Waals surface area contributed by atoms with E-state index in [1.54, 1.807) is 18.3 Å². The van der Waals surface area contributed by atoms with Gasteiger partial charge in [0.2, 0.25) is 0 Å². The Labute approximate surface area is 124 Å². The number of thiophene rings is 1. The van der Waals surface area contributed by atoms with Gasteiger partial charge in [0.15, 0.2) is 0 Å². The number of aromatic nitrogens is 3. The molecule has 21 heavy (non-hydrogen) atoms. The molecule has 114 valence electrons. The molecule has 1 aliphatic carbocycles. The first-order valence-electron chi connectivity index (χ1n) is 6.68. The quantitative estimate of drug-likeness (QED) is 0.859. The first-order chi connectivity index (χ1) is 9.66. The molecular formula is C14H16F3N3S. The molecule has 0 N–H and O–H groups in total. The Bertz CT molecular complexity index is 658. The average molecular weight is 315 g/mol. The molecular weight excluding hydrogens is 299 g/mol. The maximum Gasteiger partial charge on any atom is 0.408 e. The lowest BCUT2D eigenvalue weighted by Crippen LogP contribution is -2.26. The molecule has 1 unspecified atom stereocenters. The lowest BCUT2D eigenvalue weighted by atomic mass is 9.93. The molecule has 0 aliphatic heterocycles. The highest BCUT2D eigenvalue weighted by Gasteiger charge is 2.66. The van der Waals surface area contributed by atoms with Gasteiger partial charge in [-0.2, -0.15) is 18.3 Å². The summed E-state index contributed by atoms with van der Waals surface area (Å²) in [7, 11) is 0. The Morgan fingerprint density at radius 2 is 2.05 bits per heavy atom. The largest absolute Gasteiger partial charge is 0.408 e. The molecule has 1 atom stereocenters. The molecule has 1 saturated carbocycles. The van der Waals surface area contributed by atoms with E-state index < -0.39 is 18.1 Å². The predicted octanol–water partition coefficient (Wildman–Crippen LogP) is 3.93. The fraction of sp³-hybridized carbons (Fsp3) is 0.571. The highest BCUT2D eigenvalue weighted by atomic mass is 32.1. The zero-order valence-electron chi connectivity index (χ0n) is 12.0. The molecule has 0 radical (unpaired) electrons. The molecule has 2 aromatic heterocycles. The summed E-state index contributed by atoms with van der Waals surface area (Å²) in [5.74, 6) is 0.817. The van der Waals surface area contributed by atoms with E-state index in [0.29, 0.717) is 11.6 Å². The molecule has 0 saturated heterocycles. The Morgan fingerprint density at radius 1 is 1.38 bits per heavy atom. The third kappa shape index (κ3) is 2.27. The van der Waals surface area contributed by atoms with Gasteiger partial charge >= 0.3 is 6.18 Å². The summed E-state index contributed by atoms with van der Waals surface area (Å²) in [6.07, 6.45) is -3.51. The van der Waals surface area contributed by atoms with Crippen LogP contribution in [0.4, 0.5) is 13.2 Å². The molecule has 0 bridgehead atoms. The van der Waals surface area contributed by atoms with Crippen molar-refractivity contribution in [1.29, 1.82) is 0 Å². The van der Waals surface area contributed by atoms with Gasteiger partial charge in [-0.3, -0.25) is 0 Å². The lowest BCUT2D eigenvalue weighted by Gasteiger charge is -2.20. The summed E-state index contributed by atoms with van der Waals surface area (Å²) in [6, 6.07) is 3.90. The van der Waals surface area contributed by atoms with Crippen LogP contribution in [0.3, 0.4) is 0 Å². The minimum absolute atomic E-state index is 0.110. The van der Waals surface area contributed by atoms with Crippen LogP contribution < -0.4 is 0 Å². The molecule has 3 rings (SSSR count). The van der Waals surface area contributed by atoms with Gasteiger partial charge in [-0.05, 0) is 30.2 Å². The predicted molar refractivity (Wildman–Crippen MR) is 74.3 cm³/mol. The fourth-order valence-corrected chi connectivity index (χ4v) is 4.21. The fourth-order valence-electron chi connectivity index (χ4n) is 3.10. The van der Waals surface area contributed by atoms with Crippen LogP contribution in [-0.2, 0) is 12.0 Å². The molecule has 0 amide bonds. The lowest BCUT2D eigenvalue weighted by molar-refractivity contribution is -0.143. The van der Waals surface area contributed by atoms with E-state index >= 15 is 0 Å². The second kappa shape index (κ2) is 4.32. The van der Waals surface area contributed by atoms with E-state index in [4.69, 9.17) is 0 Å². The summed E-state index contributed by atoms with van der Waals surface area (Å²) in [6.45, 7) is 4.67. The minimum Gasteiger partial charge on any atom is -0.240 e. The second-order valence-corrected chi connectivity index (χ2v) is 7.15. The van der Waals surface area contributed by atoms with Gasteiger partial charge in [-0.25, -0.2) is 9.67 Å². The Hall–Kier alpha value is -1.37. The number of aryl methyl sites for hydroxylation is 1. The van der Waals surface area contributed by atoms with E-state index in [0.717, 1.165) is 16.0 Å². The summed E-state index contributed by atoms with van der Waals surface area (Å²) < 4.78 is 39.4. The van der Waals surface area contributed by atoms with Gasteiger partial charge in [0.25, 0.3) is 0 Å². The van der Waals surface area contributed by atoms with Crippen LogP contribution in [-0.4, -0.2) is 20.9 Å². The maximum atomic E-state index is 12.8. The van der Waals surface area contributed by atoms with Crippen LogP contribution in [0, 0.1) is 12.3 Å². The molecule has 1 fully saturated rings. The Kier molecular flexibility index (Phi) is 2.99. The number of halogens is 3. The molecule has 0 spiro atoms. The normalized spacial score (nSPS) is 24.3. The SMILES string of the molecule is Cc1nc(C2(c3cccs3)CC2(C)C)n(CC(F)(F)F)n1. The van der Waals surface area contributed by atoms with Crippen LogP contribution in [0.1, 0.15) is 36.8 Å².